The lowest BCUT2D eigenvalue weighted by atomic mass is 10.1. The molecular formula is C20H26N4O3S. The molecule has 28 heavy (non-hydrogen) atoms. The van der Waals surface area contributed by atoms with E-state index in [1.165, 1.54) is 11.6 Å². The van der Waals surface area contributed by atoms with Gasteiger partial charge in [-0.3, -0.25) is 19.8 Å². The maximum Gasteiger partial charge on any atom is 0.283 e. The second kappa shape index (κ2) is 9.27. The smallest absolute Gasteiger partial charge is 0.283 e. The predicted octanol–water partition coefficient (Wildman–Crippen LogP) is 3.03. The fraction of sp³-hybridized carbons (Fsp3) is 0.450. The SMILES string of the molecule is CCN1CCN(Cc2ccccc2CNC(=O)c2cc([N+](=O)[O-])c(C)s2)CC1. The molecule has 1 amide bonds. The van der Waals surface area contributed by atoms with Gasteiger partial charge in [-0.2, -0.15) is 0 Å². The van der Waals surface area contributed by atoms with Gasteiger partial charge in [-0.05, 0) is 24.6 Å². The van der Waals surface area contributed by atoms with Crippen LogP contribution in [0.1, 0.15) is 32.6 Å². The minimum atomic E-state index is -0.448. The van der Waals surface area contributed by atoms with Crippen LogP contribution in [0.25, 0.3) is 0 Å². The van der Waals surface area contributed by atoms with Gasteiger partial charge >= 0.3 is 0 Å². The molecule has 150 valence electrons. The zero-order valence-corrected chi connectivity index (χ0v) is 17.1. The number of aryl methyl sites for hydroxylation is 1. The molecule has 2 heterocycles. The molecule has 1 aliphatic heterocycles. The first-order chi connectivity index (χ1) is 13.5. The van der Waals surface area contributed by atoms with Gasteiger partial charge < -0.3 is 10.2 Å². The fourth-order valence-electron chi connectivity index (χ4n) is 3.42. The summed E-state index contributed by atoms with van der Waals surface area (Å²) in [4.78, 5) is 28.8. The molecule has 2 aromatic rings. The van der Waals surface area contributed by atoms with Gasteiger partial charge in [0.15, 0.2) is 0 Å². The number of hydrogen-bond acceptors (Lipinski definition) is 6. The molecular weight excluding hydrogens is 376 g/mol. The lowest BCUT2D eigenvalue weighted by Gasteiger charge is -2.34. The molecule has 3 rings (SSSR count). The molecule has 0 saturated carbocycles. The van der Waals surface area contributed by atoms with Crippen molar-refractivity contribution in [2.75, 3.05) is 32.7 Å². The molecule has 0 unspecified atom stereocenters. The van der Waals surface area contributed by atoms with Gasteiger partial charge in [-0.25, -0.2) is 0 Å². The van der Waals surface area contributed by atoms with Gasteiger partial charge in [0.05, 0.1) is 14.7 Å². The number of benzene rings is 1. The predicted molar refractivity (Wildman–Crippen MR) is 111 cm³/mol. The number of nitro groups is 1. The molecule has 1 aromatic heterocycles. The van der Waals surface area contributed by atoms with Crippen molar-refractivity contribution in [2.24, 2.45) is 0 Å². The quantitative estimate of drug-likeness (QED) is 0.569. The number of amides is 1. The zero-order chi connectivity index (χ0) is 20.1. The van der Waals surface area contributed by atoms with Crippen LogP contribution in [0, 0.1) is 17.0 Å². The minimum absolute atomic E-state index is 0.00164. The molecule has 0 atom stereocenters. The Morgan fingerprint density at radius 2 is 1.82 bits per heavy atom. The van der Waals surface area contributed by atoms with Crippen LogP contribution >= 0.6 is 11.3 Å². The lowest BCUT2D eigenvalue weighted by Crippen LogP contribution is -2.45. The first-order valence-corrected chi connectivity index (χ1v) is 10.3. The Balaban J connectivity index is 1.61. The normalized spacial score (nSPS) is 15.5. The van der Waals surface area contributed by atoms with Crippen molar-refractivity contribution >= 4 is 22.9 Å². The number of nitrogens with zero attached hydrogens (tertiary/aromatic N) is 3. The van der Waals surface area contributed by atoms with E-state index in [2.05, 4.69) is 28.1 Å². The van der Waals surface area contributed by atoms with Crippen LogP contribution in [0.2, 0.25) is 0 Å². The highest BCUT2D eigenvalue weighted by Gasteiger charge is 2.20. The topological polar surface area (TPSA) is 78.7 Å². The fourth-order valence-corrected chi connectivity index (χ4v) is 4.32. The summed E-state index contributed by atoms with van der Waals surface area (Å²) in [6.45, 7) is 10.5. The standard InChI is InChI=1S/C20H26N4O3S/c1-3-22-8-10-23(11-9-22)14-17-7-5-4-6-16(17)13-21-20(25)19-12-18(24(26)27)15(2)28-19/h4-7,12H,3,8-11,13-14H2,1-2H3,(H,21,25). The van der Waals surface area contributed by atoms with Crippen molar-refractivity contribution in [1.82, 2.24) is 15.1 Å². The number of carbonyl (C=O) groups is 1. The Bertz CT molecular complexity index is 844. The largest absolute Gasteiger partial charge is 0.347 e. The van der Waals surface area contributed by atoms with Crippen LogP contribution < -0.4 is 5.32 Å². The van der Waals surface area contributed by atoms with Gasteiger partial charge in [-0.15, -0.1) is 11.3 Å². The molecule has 1 fully saturated rings. The summed E-state index contributed by atoms with van der Waals surface area (Å²) >= 11 is 1.15. The van der Waals surface area contributed by atoms with E-state index in [0.717, 1.165) is 56.2 Å². The van der Waals surface area contributed by atoms with Crippen LogP contribution in [0.3, 0.4) is 0 Å². The van der Waals surface area contributed by atoms with Gasteiger partial charge in [0.25, 0.3) is 11.6 Å². The second-order valence-corrected chi connectivity index (χ2v) is 8.23. The van der Waals surface area contributed by atoms with E-state index in [0.29, 0.717) is 16.3 Å². The molecule has 0 radical (unpaired) electrons. The van der Waals surface area contributed by atoms with E-state index in [9.17, 15) is 14.9 Å². The number of rotatable bonds is 7. The summed E-state index contributed by atoms with van der Waals surface area (Å²) in [5.41, 5.74) is 2.29. The van der Waals surface area contributed by atoms with Crippen molar-refractivity contribution < 1.29 is 9.72 Å². The summed E-state index contributed by atoms with van der Waals surface area (Å²) in [6, 6.07) is 9.48. The summed E-state index contributed by atoms with van der Waals surface area (Å²) in [5.74, 6) is -0.271. The van der Waals surface area contributed by atoms with E-state index in [1.54, 1.807) is 6.92 Å². The third-order valence-corrected chi connectivity index (χ3v) is 6.21. The zero-order valence-electron chi connectivity index (χ0n) is 16.3. The molecule has 0 bridgehead atoms. The van der Waals surface area contributed by atoms with Crippen LogP contribution in [-0.4, -0.2) is 53.4 Å². The van der Waals surface area contributed by atoms with Crippen molar-refractivity contribution in [3.05, 3.63) is 61.3 Å². The number of hydrogen-bond donors (Lipinski definition) is 1. The average Bonchev–Trinajstić information content (AvgIpc) is 3.10. The monoisotopic (exact) mass is 402 g/mol. The van der Waals surface area contributed by atoms with Crippen molar-refractivity contribution in [1.29, 1.82) is 0 Å². The Hall–Kier alpha value is -2.29. The first kappa shape index (κ1) is 20.4. The Morgan fingerprint density at radius 1 is 1.18 bits per heavy atom. The summed E-state index contributed by atoms with van der Waals surface area (Å²) in [5, 5.41) is 13.9. The van der Waals surface area contributed by atoms with Crippen molar-refractivity contribution in [3.8, 4) is 0 Å². The molecule has 1 saturated heterocycles. The molecule has 0 spiro atoms. The van der Waals surface area contributed by atoms with Crippen LogP contribution in [0.5, 0.6) is 0 Å². The Kier molecular flexibility index (Phi) is 6.77. The lowest BCUT2D eigenvalue weighted by molar-refractivity contribution is -0.385. The number of thiophene rings is 1. The highest BCUT2D eigenvalue weighted by atomic mass is 32.1. The third kappa shape index (κ3) is 4.95. The summed E-state index contributed by atoms with van der Waals surface area (Å²) < 4.78 is 0. The summed E-state index contributed by atoms with van der Waals surface area (Å²) in [6.07, 6.45) is 0. The molecule has 7 nitrogen and oxygen atoms in total. The van der Waals surface area contributed by atoms with Gasteiger partial charge in [0.2, 0.25) is 0 Å². The highest BCUT2D eigenvalue weighted by Crippen LogP contribution is 2.28. The Morgan fingerprint density at radius 3 is 2.43 bits per heavy atom. The Labute approximate surface area is 169 Å². The van der Waals surface area contributed by atoms with Crippen LogP contribution in [0.15, 0.2) is 30.3 Å². The second-order valence-electron chi connectivity index (χ2n) is 6.97. The van der Waals surface area contributed by atoms with Gasteiger partial charge in [0.1, 0.15) is 0 Å². The summed E-state index contributed by atoms with van der Waals surface area (Å²) in [7, 11) is 0. The van der Waals surface area contributed by atoms with Crippen LogP contribution in [-0.2, 0) is 13.1 Å². The van der Waals surface area contributed by atoms with E-state index < -0.39 is 4.92 Å². The molecule has 1 aliphatic rings. The first-order valence-electron chi connectivity index (χ1n) is 9.52. The molecule has 0 aliphatic carbocycles. The average molecular weight is 403 g/mol. The minimum Gasteiger partial charge on any atom is -0.347 e. The number of piperazine rings is 1. The maximum absolute atomic E-state index is 12.4. The van der Waals surface area contributed by atoms with Gasteiger partial charge in [-0.1, -0.05) is 31.2 Å². The number of likely N-dealkylation sites (N-methyl/N-ethyl adjacent to an activating group) is 1. The molecule has 1 N–H and O–H groups in total. The number of carbonyl (C=O) groups excluding carboxylic acids is 1. The third-order valence-electron chi connectivity index (χ3n) is 5.18. The van der Waals surface area contributed by atoms with E-state index in [1.807, 2.05) is 18.2 Å². The van der Waals surface area contributed by atoms with Crippen LogP contribution in [0.4, 0.5) is 5.69 Å². The van der Waals surface area contributed by atoms with Crippen molar-refractivity contribution in [2.45, 2.75) is 26.9 Å². The van der Waals surface area contributed by atoms with Gasteiger partial charge in [0, 0.05) is 45.3 Å². The highest BCUT2D eigenvalue weighted by molar-refractivity contribution is 7.14. The maximum atomic E-state index is 12.4. The van der Waals surface area contributed by atoms with Crippen molar-refractivity contribution in [3.63, 3.8) is 0 Å². The van der Waals surface area contributed by atoms with E-state index in [4.69, 9.17) is 0 Å². The van der Waals surface area contributed by atoms with E-state index >= 15 is 0 Å². The molecule has 8 heteroatoms. The number of nitrogens with one attached hydrogen (secondary N) is 1. The van der Waals surface area contributed by atoms with E-state index in [-0.39, 0.29) is 11.6 Å². The molecule has 1 aromatic carbocycles.